The molecule has 0 bridgehead atoms. The highest BCUT2D eigenvalue weighted by molar-refractivity contribution is 5.48. The fourth-order valence-electron chi connectivity index (χ4n) is 4.24. The van der Waals surface area contributed by atoms with E-state index in [9.17, 15) is 8.78 Å². The van der Waals surface area contributed by atoms with Gasteiger partial charge in [0.1, 0.15) is 5.82 Å². The summed E-state index contributed by atoms with van der Waals surface area (Å²) in [6, 6.07) is 16.0. The minimum absolute atomic E-state index is 0.291. The lowest BCUT2D eigenvalue weighted by atomic mass is 9.79. The first-order valence-corrected chi connectivity index (χ1v) is 10.9. The van der Waals surface area contributed by atoms with Crippen molar-refractivity contribution in [3.05, 3.63) is 105 Å². The van der Waals surface area contributed by atoms with Crippen molar-refractivity contribution >= 4 is 0 Å². The molecule has 0 aromatic heterocycles. The van der Waals surface area contributed by atoms with Crippen LogP contribution in [0, 0.1) is 29.3 Å². The fourth-order valence-corrected chi connectivity index (χ4v) is 4.24. The highest BCUT2D eigenvalue weighted by Gasteiger charge is 2.23. The molecule has 0 heterocycles. The molecule has 1 atom stereocenters. The zero-order valence-electron chi connectivity index (χ0n) is 17.7. The van der Waals surface area contributed by atoms with E-state index in [0.29, 0.717) is 23.5 Å². The maximum atomic E-state index is 15.1. The number of aryl methyl sites for hydroxylation is 1. The molecule has 0 saturated heterocycles. The quantitative estimate of drug-likeness (QED) is 0.396. The van der Waals surface area contributed by atoms with Crippen molar-refractivity contribution in [3.63, 3.8) is 0 Å². The average Bonchev–Trinajstić information content (AvgIpc) is 2.79. The summed E-state index contributed by atoms with van der Waals surface area (Å²) in [4.78, 5) is 0. The maximum absolute atomic E-state index is 15.1. The van der Waals surface area contributed by atoms with Crippen LogP contribution in [0.4, 0.5) is 13.2 Å². The second kappa shape index (κ2) is 9.43. The largest absolute Gasteiger partial charge is 0.205 e. The molecule has 3 heteroatoms. The number of hydrogen-bond donors (Lipinski definition) is 0. The van der Waals surface area contributed by atoms with Crippen LogP contribution in [0.15, 0.2) is 54.6 Å². The standard InChI is InChI=1S/C28H25F3/c1-2-3-4-19-5-9-21(10-6-19)23-14-15-25-24(18-23)13-12-22(28(25)31)11-7-20-8-16-26(29)27(30)17-20/h5-6,8-10,12-13,16-17,23H,2-4,14-15,18H2,1H3. The van der Waals surface area contributed by atoms with Crippen molar-refractivity contribution < 1.29 is 13.2 Å². The van der Waals surface area contributed by atoms with Gasteiger partial charge in [-0.25, -0.2) is 13.2 Å². The molecule has 1 aliphatic carbocycles. The second-order valence-electron chi connectivity index (χ2n) is 8.23. The zero-order valence-corrected chi connectivity index (χ0v) is 17.7. The Balaban J connectivity index is 1.51. The lowest BCUT2D eigenvalue weighted by Gasteiger charge is -2.26. The van der Waals surface area contributed by atoms with E-state index in [2.05, 4.69) is 43.0 Å². The van der Waals surface area contributed by atoms with Crippen LogP contribution in [0.25, 0.3) is 0 Å². The SMILES string of the molecule is CCCCc1ccc(C2CCc3c(ccc(C#Cc4ccc(F)c(F)c4)c3F)C2)cc1. The predicted octanol–water partition coefficient (Wildman–Crippen LogP) is 7.12. The normalized spacial score (nSPS) is 15.2. The van der Waals surface area contributed by atoms with Gasteiger partial charge in [-0.2, -0.15) is 0 Å². The molecule has 1 aliphatic rings. The number of fused-ring (bicyclic) bond motifs is 1. The van der Waals surface area contributed by atoms with Crippen LogP contribution in [-0.2, 0) is 19.3 Å². The molecule has 0 aliphatic heterocycles. The van der Waals surface area contributed by atoms with E-state index >= 15 is 4.39 Å². The van der Waals surface area contributed by atoms with Gasteiger partial charge in [0.25, 0.3) is 0 Å². The van der Waals surface area contributed by atoms with Gasteiger partial charge in [0.2, 0.25) is 0 Å². The van der Waals surface area contributed by atoms with Crippen LogP contribution in [0.5, 0.6) is 0 Å². The topological polar surface area (TPSA) is 0 Å². The van der Waals surface area contributed by atoms with Gasteiger partial charge in [-0.1, -0.05) is 55.5 Å². The van der Waals surface area contributed by atoms with Crippen molar-refractivity contribution in [2.24, 2.45) is 0 Å². The molecule has 0 nitrogen and oxygen atoms in total. The van der Waals surface area contributed by atoms with Gasteiger partial charge in [-0.15, -0.1) is 0 Å². The van der Waals surface area contributed by atoms with Crippen LogP contribution in [0.1, 0.15) is 65.5 Å². The Bertz CT molecular complexity index is 1130. The van der Waals surface area contributed by atoms with E-state index in [1.165, 1.54) is 30.0 Å². The summed E-state index contributed by atoms with van der Waals surface area (Å²) in [5, 5.41) is 0. The van der Waals surface area contributed by atoms with Crippen LogP contribution in [0.3, 0.4) is 0 Å². The Kier molecular flexibility index (Phi) is 6.47. The smallest absolute Gasteiger partial charge is 0.160 e. The molecule has 0 fully saturated rings. The zero-order chi connectivity index (χ0) is 21.8. The van der Waals surface area contributed by atoms with Gasteiger partial charge in [0, 0.05) is 5.56 Å². The maximum Gasteiger partial charge on any atom is 0.160 e. The minimum Gasteiger partial charge on any atom is -0.205 e. The van der Waals surface area contributed by atoms with Gasteiger partial charge in [0.15, 0.2) is 11.6 Å². The molecule has 4 rings (SSSR count). The van der Waals surface area contributed by atoms with E-state index in [1.54, 1.807) is 6.07 Å². The highest BCUT2D eigenvalue weighted by Crippen LogP contribution is 2.34. The molecule has 31 heavy (non-hydrogen) atoms. The Labute approximate surface area is 182 Å². The van der Waals surface area contributed by atoms with Gasteiger partial charge in [-0.05, 0) is 84.5 Å². The summed E-state index contributed by atoms with van der Waals surface area (Å²) < 4.78 is 41.5. The lowest BCUT2D eigenvalue weighted by molar-refractivity contribution is 0.508. The third kappa shape index (κ3) is 4.85. The monoisotopic (exact) mass is 418 g/mol. The van der Waals surface area contributed by atoms with Crippen molar-refractivity contribution in [3.8, 4) is 11.8 Å². The highest BCUT2D eigenvalue weighted by atomic mass is 19.2. The first-order chi connectivity index (χ1) is 15.0. The van der Waals surface area contributed by atoms with Gasteiger partial charge < -0.3 is 0 Å². The van der Waals surface area contributed by atoms with Crippen LogP contribution >= 0.6 is 0 Å². The summed E-state index contributed by atoms with van der Waals surface area (Å²) in [6.45, 7) is 2.20. The van der Waals surface area contributed by atoms with E-state index in [1.807, 2.05) is 6.07 Å². The fraction of sp³-hybridized carbons (Fsp3) is 0.286. The van der Waals surface area contributed by atoms with Crippen molar-refractivity contribution in [1.29, 1.82) is 0 Å². The summed E-state index contributed by atoms with van der Waals surface area (Å²) in [5.74, 6) is 3.74. The Morgan fingerprint density at radius 1 is 0.903 bits per heavy atom. The molecule has 0 spiro atoms. The third-order valence-corrected chi connectivity index (χ3v) is 6.08. The number of hydrogen-bond acceptors (Lipinski definition) is 0. The van der Waals surface area contributed by atoms with E-state index in [0.717, 1.165) is 42.5 Å². The van der Waals surface area contributed by atoms with Crippen molar-refractivity contribution in [1.82, 2.24) is 0 Å². The Morgan fingerprint density at radius 3 is 2.45 bits per heavy atom. The second-order valence-corrected chi connectivity index (χ2v) is 8.23. The third-order valence-electron chi connectivity index (χ3n) is 6.08. The molecule has 0 saturated carbocycles. The summed E-state index contributed by atoms with van der Waals surface area (Å²) in [6.07, 6.45) is 5.90. The van der Waals surface area contributed by atoms with E-state index < -0.39 is 11.6 Å². The number of unbranched alkanes of at least 4 members (excludes halogenated alkanes) is 1. The number of halogens is 3. The number of rotatable bonds is 4. The predicted molar refractivity (Wildman–Crippen MR) is 119 cm³/mol. The van der Waals surface area contributed by atoms with Gasteiger partial charge in [0.05, 0.1) is 5.56 Å². The van der Waals surface area contributed by atoms with Crippen LogP contribution < -0.4 is 0 Å². The molecule has 158 valence electrons. The van der Waals surface area contributed by atoms with Gasteiger partial charge >= 0.3 is 0 Å². The first kappa shape index (κ1) is 21.2. The molecule has 0 amide bonds. The molecule has 0 N–H and O–H groups in total. The first-order valence-electron chi connectivity index (χ1n) is 10.9. The molecule has 3 aromatic carbocycles. The Morgan fingerprint density at radius 2 is 1.71 bits per heavy atom. The summed E-state index contributed by atoms with van der Waals surface area (Å²) in [7, 11) is 0. The molecule has 3 aromatic rings. The van der Waals surface area contributed by atoms with Crippen LogP contribution in [-0.4, -0.2) is 0 Å². The minimum atomic E-state index is -0.956. The average molecular weight is 419 g/mol. The van der Waals surface area contributed by atoms with Crippen LogP contribution in [0.2, 0.25) is 0 Å². The molecular formula is C28H25F3. The summed E-state index contributed by atoms with van der Waals surface area (Å²) >= 11 is 0. The number of benzene rings is 3. The van der Waals surface area contributed by atoms with Crippen molar-refractivity contribution in [2.75, 3.05) is 0 Å². The van der Waals surface area contributed by atoms with Gasteiger partial charge in [-0.3, -0.25) is 0 Å². The molecule has 0 radical (unpaired) electrons. The van der Waals surface area contributed by atoms with Crippen molar-refractivity contribution in [2.45, 2.75) is 51.4 Å². The molecular weight excluding hydrogens is 393 g/mol. The molecule has 1 unspecified atom stereocenters. The summed E-state index contributed by atoms with van der Waals surface area (Å²) in [5.41, 5.74) is 5.06. The lowest BCUT2D eigenvalue weighted by Crippen LogP contribution is -2.15. The van der Waals surface area contributed by atoms with E-state index in [4.69, 9.17) is 0 Å². The Hall–Kier alpha value is -2.99. The van der Waals surface area contributed by atoms with E-state index in [-0.39, 0.29) is 5.82 Å².